The van der Waals surface area contributed by atoms with Gasteiger partial charge in [0, 0.05) is 0 Å². The second-order valence-corrected chi connectivity index (χ2v) is 3.50. The molecule has 0 amide bonds. The zero-order chi connectivity index (χ0) is 10.0. The summed E-state index contributed by atoms with van der Waals surface area (Å²) >= 11 is 0. The quantitative estimate of drug-likeness (QED) is 0.363. The lowest BCUT2D eigenvalue weighted by molar-refractivity contribution is -0.135. The number of allylic oxidation sites excluding steroid dienone is 2. The van der Waals surface area contributed by atoms with E-state index in [1.165, 1.54) is 0 Å². The molecule has 1 rings (SSSR count). The SMILES string of the molecule is CC(C)=CC[C@H]1C(=O)CC(=O)C1=O. The van der Waals surface area contributed by atoms with Crippen LogP contribution in [0.2, 0.25) is 0 Å². The highest BCUT2D eigenvalue weighted by molar-refractivity contribution is 6.49. The van der Waals surface area contributed by atoms with Crippen LogP contribution < -0.4 is 0 Å². The monoisotopic (exact) mass is 180 g/mol. The number of carbonyl (C=O) groups excluding carboxylic acids is 3. The van der Waals surface area contributed by atoms with Gasteiger partial charge in [0.25, 0.3) is 0 Å². The lowest BCUT2D eigenvalue weighted by atomic mass is 10.0. The maximum Gasteiger partial charge on any atom is 0.209 e. The van der Waals surface area contributed by atoms with Gasteiger partial charge in [0.1, 0.15) is 0 Å². The number of hydrogen-bond donors (Lipinski definition) is 0. The highest BCUT2D eigenvalue weighted by Crippen LogP contribution is 2.19. The van der Waals surface area contributed by atoms with E-state index in [2.05, 4.69) is 0 Å². The van der Waals surface area contributed by atoms with E-state index in [0.29, 0.717) is 6.42 Å². The number of hydrogen-bond acceptors (Lipinski definition) is 3. The predicted molar refractivity (Wildman–Crippen MR) is 47.2 cm³/mol. The number of ketones is 3. The molecule has 3 heteroatoms. The first kappa shape index (κ1) is 9.84. The van der Waals surface area contributed by atoms with E-state index >= 15 is 0 Å². The lowest BCUT2D eigenvalue weighted by Gasteiger charge is -2.00. The molecule has 0 bridgehead atoms. The van der Waals surface area contributed by atoms with Crippen LogP contribution in [-0.4, -0.2) is 17.3 Å². The van der Waals surface area contributed by atoms with E-state index < -0.39 is 17.5 Å². The normalized spacial score (nSPS) is 22.3. The van der Waals surface area contributed by atoms with Gasteiger partial charge in [-0.3, -0.25) is 14.4 Å². The maximum absolute atomic E-state index is 11.1. The molecule has 1 atom stereocenters. The molecule has 0 aromatic heterocycles. The van der Waals surface area contributed by atoms with E-state index in [1.54, 1.807) is 0 Å². The van der Waals surface area contributed by atoms with Crippen LogP contribution in [0.1, 0.15) is 26.7 Å². The van der Waals surface area contributed by atoms with E-state index in [4.69, 9.17) is 0 Å². The molecule has 1 aliphatic carbocycles. The molecule has 0 N–H and O–H groups in total. The van der Waals surface area contributed by atoms with E-state index in [0.717, 1.165) is 5.57 Å². The molecule has 1 fully saturated rings. The Morgan fingerprint density at radius 1 is 1.38 bits per heavy atom. The topological polar surface area (TPSA) is 51.2 Å². The Morgan fingerprint density at radius 2 is 2.00 bits per heavy atom. The summed E-state index contributed by atoms with van der Waals surface area (Å²) in [5.74, 6) is -1.96. The second-order valence-electron chi connectivity index (χ2n) is 3.50. The molecular weight excluding hydrogens is 168 g/mol. The Bertz CT molecular complexity index is 295. The predicted octanol–water partition coefficient (Wildman–Crippen LogP) is 1.07. The molecule has 0 aromatic carbocycles. The smallest absolute Gasteiger partial charge is 0.209 e. The van der Waals surface area contributed by atoms with Crippen molar-refractivity contribution in [3.05, 3.63) is 11.6 Å². The van der Waals surface area contributed by atoms with Gasteiger partial charge < -0.3 is 0 Å². The largest absolute Gasteiger partial charge is 0.298 e. The van der Waals surface area contributed by atoms with Gasteiger partial charge >= 0.3 is 0 Å². The first-order valence-corrected chi connectivity index (χ1v) is 4.25. The van der Waals surface area contributed by atoms with Crippen molar-refractivity contribution in [2.24, 2.45) is 5.92 Å². The van der Waals surface area contributed by atoms with Crippen LogP contribution in [0.5, 0.6) is 0 Å². The molecule has 0 radical (unpaired) electrons. The van der Waals surface area contributed by atoms with Gasteiger partial charge in [0.2, 0.25) is 11.6 Å². The Morgan fingerprint density at radius 3 is 2.38 bits per heavy atom. The van der Waals surface area contributed by atoms with Gasteiger partial charge in [-0.15, -0.1) is 0 Å². The molecular formula is C10H12O3. The third-order valence-electron chi connectivity index (χ3n) is 2.08. The molecule has 0 aliphatic heterocycles. The van der Waals surface area contributed by atoms with Gasteiger partial charge in [0.15, 0.2) is 5.78 Å². The van der Waals surface area contributed by atoms with Crippen molar-refractivity contribution in [2.45, 2.75) is 26.7 Å². The van der Waals surface area contributed by atoms with Crippen LogP contribution in [0.4, 0.5) is 0 Å². The number of rotatable bonds is 2. The van der Waals surface area contributed by atoms with Crippen molar-refractivity contribution >= 4 is 17.3 Å². The van der Waals surface area contributed by atoms with E-state index in [-0.39, 0.29) is 12.2 Å². The fourth-order valence-electron chi connectivity index (χ4n) is 1.30. The molecule has 0 aromatic rings. The van der Waals surface area contributed by atoms with Crippen molar-refractivity contribution in [3.8, 4) is 0 Å². The zero-order valence-electron chi connectivity index (χ0n) is 7.79. The van der Waals surface area contributed by atoms with Gasteiger partial charge in [-0.2, -0.15) is 0 Å². The molecule has 0 unspecified atom stereocenters. The van der Waals surface area contributed by atoms with Crippen LogP contribution in [-0.2, 0) is 14.4 Å². The minimum Gasteiger partial charge on any atom is -0.298 e. The van der Waals surface area contributed by atoms with Crippen molar-refractivity contribution in [1.29, 1.82) is 0 Å². The van der Waals surface area contributed by atoms with E-state index in [9.17, 15) is 14.4 Å². The Labute approximate surface area is 76.8 Å². The van der Waals surface area contributed by atoms with Crippen LogP contribution in [0.3, 0.4) is 0 Å². The van der Waals surface area contributed by atoms with Crippen LogP contribution >= 0.6 is 0 Å². The van der Waals surface area contributed by atoms with Crippen molar-refractivity contribution in [3.63, 3.8) is 0 Å². The molecule has 1 aliphatic rings. The first-order chi connectivity index (χ1) is 6.02. The van der Waals surface area contributed by atoms with Gasteiger partial charge in [-0.1, -0.05) is 11.6 Å². The minimum atomic E-state index is -0.692. The molecule has 0 spiro atoms. The van der Waals surface area contributed by atoms with Crippen molar-refractivity contribution in [2.75, 3.05) is 0 Å². The summed E-state index contributed by atoms with van der Waals surface area (Å²) in [6.07, 6.45) is 2.00. The number of carbonyl (C=O) groups is 3. The first-order valence-electron chi connectivity index (χ1n) is 4.25. The molecule has 70 valence electrons. The van der Waals surface area contributed by atoms with Crippen LogP contribution in [0, 0.1) is 5.92 Å². The summed E-state index contributed by atoms with van der Waals surface area (Å²) < 4.78 is 0. The Kier molecular flexibility index (Phi) is 2.76. The highest BCUT2D eigenvalue weighted by Gasteiger charge is 2.38. The Balaban J connectivity index is 2.70. The summed E-state index contributed by atoms with van der Waals surface area (Å²) in [6, 6.07) is 0. The summed E-state index contributed by atoms with van der Waals surface area (Å²) in [7, 11) is 0. The minimum absolute atomic E-state index is 0.194. The van der Waals surface area contributed by atoms with Crippen LogP contribution in [0.25, 0.3) is 0 Å². The summed E-state index contributed by atoms with van der Waals surface area (Å²) in [4.78, 5) is 33.1. The standard InChI is InChI=1S/C10H12O3/c1-6(2)3-4-7-8(11)5-9(12)10(7)13/h3,7H,4-5H2,1-2H3/t7-/m0/s1. The van der Waals surface area contributed by atoms with E-state index in [1.807, 2.05) is 19.9 Å². The summed E-state index contributed by atoms with van der Waals surface area (Å²) in [6.45, 7) is 3.79. The molecule has 0 heterocycles. The van der Waals surface area contributed by atoms with Gasteiger partial charge in [-0.25, -0.2) is 0 Å². The fourth-order valence-corrected chi connectivity index (χ4v) is 1.30. The molecule has 1 saturated carbocycles. The average molecular weight is 180 g/mol. The van der Waals surface area contributed by atoms with Crippen LogP contribution in [0.15, 0.2) is 11.6 Å². The van der Waals surface area contributed by atoms with Gasteiger partial charge in [-0.05, 0) is 20.3 Å². The zero-order valence-corrected chi connectivity index (χ0v) is 7.79. The molecule has 13 heavy (non-hydrogen) atoms. The molecule has 3 nitrogen and oxygen atoms in total. The van der Waals surface area contributed by atoms with Crippen molar-refractivity contribution < 1.29 is 14.4 Å². The Hall–Kier alpha value is -1.25. The summed E-state index contributed by atoms with van der Waals surface area (Å²) in [5.41, 5.74) is 1.06. The van der Waals surface area contributed by atoms with Gasteiger partial charge in [0.05, 0.1) is 12.3 Å². The highest BCUT2D eigenvalue weighted by atomic mass is 16.2. The third-order valence-corrected chi connectivity index (χ3v) is 2.08. The second kappa shape index (κ2) is 3.64. The summed E-state index contributed by atoms with van der Waals surface area (Å²) in [5, 5.41) is 0. The average Bonchev–Trinajstić information content (AvgIpc) is 2.24. The maximum atomic E-state index is 11.1. The number of Topliss-reactive ketones (excluding diaryl/α,β-unsaturated/α-hetero) is 3. The molecule has 0 saturated heterocycles. The third kappa shape index (κ3) is 2.11. The fraction of sp³-hybridized carbons (Fsp3) is 0.500. The lowest BCUT2D eigenvalue weighted by Crippen LogP contribution is -2.16. The van der Waals surface area contributed by atoms with Crippen molar-refractivity contribution in [1.82, 2.24) is 0 Å².